The Bertz CT molecular complexity index is 589. The molecule has 0 saturated carbocycles. The van der Waals surface area contributed by atoms with E-state index < -0.39 is 12.1 Å². The first kappa shape index (κ1) is 18.0. The first-order chi connectivity index (χ1) is 10.7. The van der Waals surface area contributed by atoms with Gasteiger partial charge < -0.3 is 15.0 Å². The minimum atomic E-state index is -1.09. The first-order valence-electron chi connectivity index (χ1n) is 7.69. The molecule has 8 heteroatoms. The fraction of sp³-hybridized carbons (Fsp3) is 0.667. The van der Waals surface area contributed by atoms with E-state index in [-0.39, 0.29) is 17.9 Å². The molecule has 3 atom stereocenters. The number of carboxylic acid groups (broad SMARTS) is 1. The number of nitrogens with zero attached hydrogens (tertiary/aromatic N) is 3. The molecule has 1 aromatic rings. The second-order valence-corrected chi connectivity index (χ2v) is 7.71. The van der Waals surface area contributed by atoms with Crippen molar-refractivity contribution in [2.75, 3.05) is 13.6 Å². The molecule has 1 aliphatic rings. The van der Waals surface area contributed by atoms with Crippen molar-refractivity contribution in [2.24, 2.45) is 11.8 Å². The van der Waals surface area contributed by atoms with Gasteiger partial charge in [-0.25, -0.2) is 9.78 Å². The Balaban J connectivity index is 2.29. The van der Waals surface area contributed by atoms with Crippen molar-refractivity contribution in [3.05, 3.63) is 15.7 Å². The normalized spacial score (nSPS) is 22.4. The number of carbonyl (C=O) groups excluding carboxylic acids is 1. The quantitative estimate of drug-likeness (QED) is 0.713. The Hall–Kier alpha value is -1.32. The van der Waals surface area contributed by atoms with E-state index in [1.807, 2.05) is 13.8 Å². The van der Waals surface area contributed by atoms with E-state index in [1.165, 1.54) is 7.05 Å². The maximum absolute atomic E-state index is 13.0. The van der Waals surface area contributed by atoms with Crippen LogP contribution < -0.4 is 0 Å². The predicted octanol–water partition coefficient (Wildman–Crippen LogP) is 2.56. The lowest BCUT2D eigenvalue weighted by atomic mass is 10.0. The minimum Gasteiger partial charge on any atom is -0.465 e. The monoisotopic (exact) mass is 434 g/mol. The topological polar surface area (TPSA) is 89.5 Å². The third-order valence-electron chi connectivity index (χ3n) is 4.28. The summed E-state index contributed by atoms with van der Waals surface area (Å²) in [5, 5.41) is 9.27. The number of imidazole rings is 1. The summed E-state index contributed by atoms with van der Waals surface area (Å²) in [6.07, 6.45) is 1.48. The number of halogens is 1. The molecule has 23 heavy (non-hydrogen) atoms. The van der Waals surface area contributed by atoms with Crippen LogP contribution in [-0.2, 0) is 4.79 Å². The molecule has 2 N–H and O–H groups in total. The number of likely N-dealkylation sites (tertiary alicyclic amines) is 1. The molecule has 0 radical (unpaired) electrons. The van der Waals surface area contributed by atoms with Crippen LogP contribution in [0.25, 0.3) is 0 Å². The Morgan fingerprint density at radius 1 is 1.52 bits per heavy atom. The number of amides is 2. The number of nitrogens with one attached hydrogen (secondary N) is 1. The minimum absolute atomic E-state index is 0.100. The van der Waals surface area contributed by atoms with E-state index >= 15 is 0 Å². The molecule has 1 saturated heterocycles. The van der Waals surface area contributed by atoms with Crippen molar-refractivity contribution in [1.82, 2.24) is 19.8 Å². The number of hydrogen-bond acceptors (Lipinski definition) is 3. The highest BCUT2D eigenvalue weighted by Crippen LogP contribution is 2.35. The second kappa shape index (κ2) is 7.06. The number of aromatic nitrogens is 2. The van der Waals surface area contributed by atoms with Crippen molar-refractivity contribution >= 4 is 34.6 Å². The van der Waals surface area contributed by atoms with Crippen LogP contribution in [0.1, 0.15) is 39.1 Å². The zero-order valence-corrected chi connectivity index (χ0v) is 15.9. The van der Waals surface area contributed by atoms with Crippen LogP contribution in [0.5, 0.6) is 0 Å². The zero-order chi connectivity index (χ0) is 17.3. The zero-order valence-electron chi connectivity index (χ0n) is 13.8. The molecule has 2 rings (SSSR count). The Morgan fingerprint density at radius 3 is 2.65 bits per heavy atom. The highest BCUT2D eigenvalue weighted by Gasteiger charge is 2.41. The third-order valence-corrected chi connectivity index (χ3v) is 4.83. The van der Waals surface area contributed by atoms with Gasteiger partial charge in [0, 0.05) is 13.6 Å². The molecule has 1 aromatic heterocycles. The van der Waals surface area contributed by atoms with Gasteiger partial charge in [-0.15, -0.1) is 0 Å². The van der Waals surface area contributed by atoms with E-state index in [4.69, 9.17) is 0 Å². The van der Waals surface area contributed by atoms with E-state index in [0.29, 0.717) is 12.5 Å². The smallest absolute Gasteiger partial charge is 0.407 e. The van der Waals surface area contributed by atoms with Crippen LogP contribution in [0.4, 0.5) is 4.79 Å². The van der Waals surface area contributed by atoms with Crippen molar-refractivity contribution in [2.45, 2.75) is 39.3 Å². The Morgan fingerprint density at radius 2 is 2.17 bits per heavy atom. The fourth-order valence-electron chi connectivity index (χ4n) is 3.22. The van der Waals surface area contributed by atoms with Crippen LogP contribution in [0.2, 0.25) is 0 Å². The van der Waals surface area contributed by atoms with Gasteiger partial charge in [-0.1, -0.05) is 20.8 Å². The first-order valence-corrected chi connectivity index (χ1v) is 8.76. The summed E-state index contributed by atoms with van der Waals surface area (Å²) in [7, 11) is 1.45. The molecule has 0 bridgehead atoms. The molecule has 0 unspecified atom stereocenters. The summed E-state index contributed by atoms with van der Waals surface area (Å²) in [5.41, 5.74) is 0. The van der Waals surface area contributed by atoms with Crippen LogP contribution >= 0.6 is 22.6 Å². The number of likely N-dealkylation sites (N-methyl/N-ethyl adjacent to an activating group) is 1. The van der Waals surface area contributed by atoms with E-state index in [0.717, 1.165) is 20.8 Å². The highest BCUT2D eigenvalue weighted by molar-refractivity contribution is 14.1. The van der Waals surface area contributed by atoms with Gasteiger partial charge in [-0.3, -0.25) is 9.69 Å². The van der Waals surface area contributed by atoms with Gasteiger partial charge in [0.2, 0.25) is 5.91 Å². The lowest BCUT2D eigenvalue weighted by molar-refractivity contribution is -0.138. The van der Waals surface area contributed by atoms with Crippen LogP contribution in [-0.4, -0.2) is 56.5 Å². The molecular formula is C15H23IN4O3. The van der Waals surface area contributed by atoms with Crippen molar-refractivity contribution in [3.63, 3.8) is 0 Å². The average molecular weight is 434 g/mol. The van der Waals surface area contributed by atoms with Crippen LogP contribution in [0, 0.1) is 15.5 Å². The van der Waals surface area contributed by atoms with Gasteiger partial charge in [0.15, 0.2) is 0 Å². The maximum atomic E-state index is 13.0. The van der Waals surface area contributed by atoms with Gasteiger partial charge in [-0.05, 0) is 40.8 Å². The van der Waals surface area contributed by atoms with Crippen molar-refractivity contribution in [3.8, 4) is 0 Å². The Kier molecular flexibility index (Phi) is 5.53. The SMILES string of the molecule is CC(C)[C@@H](C(=O)N1C[C@@H](C)C[C@H]1c1ncc(I)[nH]1)N(C)C(=O)O. The fourth-order valence-corrected chi connectivity index (χ4v) is 3.63. The molecule has 1 aliphatic heterocycles. The molecule has 0 aliphatic carbocycles. The molecule has 2 amide bonds. The summed E-state index contributed by atoms with van der Waals surface area (Å²) < 4.78 is 0.924. The maximum Gasteiger partial charge on any atom is 0.407 e. The summed E-state index contributed by atoms with van der Waals surface area (Å²) in [5.74, 6) is 0.879. The number of rotatable bonds is 4. The number of hydrogen-bond donors (Lipinski definition) is 2. The van der Waals surface area contributed by atoms with E-state index in [2.05, 4.69) is 39.5 Å². The summed E-state index contributed by atoms with van der Waals surface area (Å²) in [4.78, 5) is 34.8. The molecule has 2 heterocycles. The molecule has 1 fully saturated rings. The predicted molar refractivity (Wildman–Crippen MR) is 94.0 cm³/mol. The van der Waals surface area contributed by atoms with Gasteiger partial charge in [-0.2, -0.15) is 0 Å². The number of aromatic amines is 1. The van der Waals surface area contributed by atoms with Crippen LogP contribution in [0.15, 0.2) is 6.20 Å². The molecule has 128 valence electrons. The molecule has 7 nitrogen and oxygen atoms in total. The summed E-state index contributed by atoms with van der Waals surface area (Å²) >= 11 is 2.15. The highest BCUT2D eigenvalue weighted by atomic mass is 127. The average Bonchev–Trinajstić information content (AvgIpc) is 3.04. The summed E-state index contributed by atoms with van der Waals surface area (Å²) in [6.45, 7) is 6.45. The number of H-pyrrole nitrogens is 1. The molecule has 0 spiro atoms. The largest absolute Gasteiger partial charge is 0.465 e. The third kappa shape index (κ3) is 3.78. The second-order valence-electron chi connectivity index (χ2n) is 6.55. The lowest BCUT2D eigenvalue weighted by Gasteiger charge is -2.33. The van der Waals surface area contributed by atoms with Gasteiger partial charge in [0.1, 0.15) is 11.9 Å². The summed E-state index contributed by atoms with van der Waals surface area (Å²) in [6, 6.07) is -0.807. The molecule has 0 aromatic carbocycles. The van der Waals surface area contributed by atoms with E-state index in [1.54, 1.807) is 11.1 Å². The van der Waals surface area contributed by atoms with Crippen molar-refractivity contribution in [1.29, 1.82) is 0 Å². The van der Waals surface area contributed by atoms with Gasteiger partial charge in [0.05, 0.1) is 15.9 Å². The standard InChI is InChI=1S/C15H23IN4O3/c1-8(2)12(19(4)15(22)23)14(21)20-7-9(3)5-10(20)13-17-6-11(16)18-13/h6,8-10,12H,5,7H2,1-4H3,(H,17,18)(H,22,23)/t9-,10-,12-/m0/s1. The number of carbonyl (C=O) groups is 2. The van der Waals surface area contributed by atoms with Gasteiger partial charge in [0.25, 0.3) is 0 Å². The van der Waals surface area contributed by atoms with Gasteiger partial charge >= 0.3 is 6.09 Å². The van der Waals surface area contributed by atoms with Crippen LogP contribution in [0.3, 0.4) is 0 Å². The van der Waals surface area contributed by atoms with Crippen molar-refractivity contribution < 1.29 is 14.7 Å². The van der Waals surface area contributed by atoms with E-state index in [9.17, 15) is 14.7 Å². The molecular weight excluding hydrogens is 411 g/mol. The Labute approximate surface area is 149 Å². The lowest BCUT2D eigenvalue weighted by Crippen LogP contribution is -2.51.